The van der Waals surface area contributed by atoms with Crippen molar-refractivity contribution in [2.24, 2.45) is 11.3 Å². The molecule has 0 bridgehead atoms. The van der Waals surface area contributed by atoms with E-state index in [1.54, 1.807) is 24.3 Å². The normalized spacial score (nSPS) is 34.9. The Labute approximate surface area is 141 Å². The van der Waals surface area contributed by atoms with E-state index in [2.05, 4.69) is 6.58 Å². The molecule has 2 N–H and O–H groups in total. The summed E-state index contributed by atoms with van der Waals surface area (Å²) < 4.78 is 11.1. The molecule has 0 spiro atoms. The predicted octanol–water partition coefficient (Wildman–Crippen LogP) is 2.89. The lowest BCUT2D eigenvalue weighted by atomic mass is 9.62. The molecule has 1 fully saturated rings. The van der Waals surface area contributed by atoms with Crippen molar-refractivity contribution in [3.05, 3.63) is 48.6 Å². The third-order valence-corrected chi connectivity index (χ3v) is 5.42. The molecular weight excluding hydrogens is 308 g/mol. The van der Waals surface area contributed by atoms with E-state index in [0.29, 0.717) is 18.6 Å². The highest BCUT2D eigenvalue weighted by molar-refractivity contribution is 5.97. The van der Waals surface area contributed by atoms with Crippen LogP contribution in [0.25, 0.3) is 0 Å². The number of aliphatic hydroxyl groups is 1. The summed E-state index contributed by atoms with van der Waals surface area (Å²) in [6.45, 7) is 5.75. The lowest BCUT2D eigenvalue weighted by Gasteiger charge is -2.42. The molecule has 24 heavy (non-hydrogen) atoms. The zero-order valence-corrected chi connectivity index (χ0v) is 13.9. The Kier molecular flexibility index (Phi) is 4.01. The first-order valence-electron chi connectivity index (χ1n) is 7.98. The van der Waals surface area contributed by atoms with Crippen LogP contribution in [0.5, 0.6) is 11.5 Å². The Morgan fingerprint density at radius 1 is 1.50 bits per heavy atom. The number of hydrogen-bond acceptors (Lipinski definition) is 5. The molecule has 1 aliphatic carbocycles. The molecule has 0 aromatic heterocycles. The van der Waals surface area contributed by atoms with Crippen molar-refractivity contribution in [2.45, 2.75) is 31.7 Å². The van der Waals surface area contributed by atoms with Gasteiger partial charge in [-0.15, -0.1) is 6.58 Å². The first-order chi connectivity index (χ1) is 11.4. The number of phenols is 1. The van der Waals surface area contributed by atoms with Gasteiger partial charge in [0, 0.05) is 5.41 Å². The number of phenolic OH excluding ortho intramolecular Hbond substituents is 1. The number of carbonyl (C=O) groups is 1. The summed E-state index contributed by atoms with van der Waals surface area (Å²) >= 11 is 0. The fourth-order valence-electron chi connectivity index (χ4n) is 4.01. The molecule has 5 heteroatoms. The zero-order valence-electron chi connectivity index (χ0n) is 13.9. The van der Waals surface area contributed by atoms with Crippen LogP contribution in [0, 0.1) is 11.3 Å². The number of carbonyl (C=O) groups excluding carboxylic acids is 1. The van der Waals surface area contributed by atoms with E-state index < -0.39 is 23.1 Å². The summed E-state index contributed by atoms with van der Waals surface area (Å²) in [6.07, 6.45) is 5.40. The quantitative estimate of drug-likeness (QED) is 0.830. The number of aromatic hydroxyl groups is 1. The van der Waals surface area contributed by atoms with Gasteiger partial charge in [-0.25, -0.2) is 0 Å². The Balaban J connectivity index is 2.07. The van der Waals surface area contributed by atoms with Crippen LogP contribution in [0.2, 0.25) is 0 Å². The van der Waals surface area contributed by atoms with E-state index in [9.17, 15) is 15.0 Å². The molecule has 4 atom stereocenters. The Hall–Kier alpha value is -2.11. The summed E-state index contributed by atoms with van der Waals surface area (Å²) in [7, 11) is 1.47. The van der Waals surface area contributed by atoms with E-state index in [1.165, 1.54) is 19.3 Å². The maximum atomic E-state index is 12.4. The molecule has 2 aliphatic rings. The summed E-state index contributed by atoms with van der Waals surface area (Å²) in [5, 5.41) is 20.9. The number of rotatable bonds is 4. The van der Waals surface area contributed by atoms with Gasteiger partial charge in [0.1, 0.15) is 0 Å². The van der Waals surface area contributed by atoms with Crippen LogP contribution in [-0.4, -0.2) is 28.9 Å². The molecule has 1 saturated heterocycles. The van der Waals surface area contributed by atoms with E-state index in [-0.39, 0.29) is 11.7 Å². The molecule has 1 aromatic carbocycles. The second-order valence-corrected chi connectivity index (χ2v) is 6.52. The lowest BCUT2D eigenvalue weighted by Crippen LogP contribution is -2.54. The second kappa shape index (κ2) is 5.76. The van der Waals surface area contributed by atoms with Gasteiger partial charge in [-0.05, 0) is 42.5 Å². The highest BCUT2D eigenvalue weighted by atomic mass is 16.6. The molecule has 1 aromatic rings. The molecule has 1 aliphatic heterocycles. The van der Waals surface area contributed by atoms with Crippen LogP contribution in [-0.2, 0) is 9.53 Å². The van der Waals surface area contributed by atoms with Crippen molar-refractivity contribution in [2.75, 3.05) is 7.11 Å². The maximum absolute atomic E-state index is 12.4. The first kappa shape index (κ1) is 16.7. The fourth-order valence-corrected chi connectivity index (χ4v) is 4.01. The number of allylic oxidation sites excluding steroid dienone is 2. The number of benzene rings is 1. The van der Waals surface area contributed by atoms with Crippen molar-refractivity contribution in [1.29, 1.82) is 0 Å². The minimum atomic E-state index is -1.87. The molecule has 0 saturated carbocycles. The van der Waals surface area contributed by atoms with Crippen molar-refractivity contribution in [1.82, 2.24) is 0 Å². The number of fused-ring (bicyclic) bond motifs is 1. The van der Waals surface area contributed by atoms with Crippen LogP contribution in [0.3, 0.4) is 0 Å². The van der Waals surface area contributed by atoms with E-state index in [4.69, 9.17) is 9.47 Å². The van der Waals surface area contributed by atoms with Gasteiger partial charge in [0.15, 0.2) is 11.5 Å². The topological polar surface area (TPSA) is 76.0 Å². The smallest absolute Gasteiger partial charge is 0.237 e. The van der Waals surface area contributed by atoms with Crippen molar-refractivity contribution >= 4 is 5.78 Å². The Bertz CT molecular complexity index is 710. The second-order valence-electron chi connectivity index (χ2n) is 6.52. The van der Waals surface area contributed by atoms with Gasteiger partial charge >= 0.3 is 0 Å². The highest BCUT2D eigenvalue weighted by Crippen LogP contribution is 2.61. The summed E-state index contributed by atoms with van der Waals surface area (Å²) in [5.41, 5.74) is -0.00711. The fraction of sp³-hybridized carbons (Fsp3) is 0.421. The number of ether oxygens (including phenoxy) is 2. The van der Waals surface area contributed by atoms with Crippen molar-refractivity contribution < 1.29 is 24.5 Å². The average molecular weight is 330 g/mol. The number of methoxy groups -OCH3 is 1. The Morgan fingerprint density at radius 2 is 2.25 bits per heavy atom. The number of hydrogen-bond donors (Lipinski definition) is 2. The minimum Gasteiger partial charge on any atom is -0.504 e. The first-order valence-corrected chi connectivity index (χ1v) is 7.98. The van der Waals surface area contributed by atoms with Crippen LogP contribution >= 0.6 is 0 Å². The van der Waals surface area contributed by atoms with Gasteiger partial charge in [-0.3, -0.25) is 4.79 Å². The van der Waals surface area contributed by atoms with Gasteiger partial charge < -0.3 is 19.7 Å². The molecule has 4 unspecified atom stereocenters. The van der Waals surface area contributed by atoms with Gasteiger partial charge in [-0.1, -0.05) is 25.1 Å². The van der Waals surface area contributed by atoms with Gasteiger partial charge in [0.05, 0.1) is 13.2 Å². The molecule has 0 radical (unpaired) electrons. The maximum Gasteiger partial charge on any atom is 0.237 e. The SMILES string of the molecule is C=CCC12CC=CC(=O)C1(O)OC(c1ccc(O)c(OC)c1)C2C. The third kappa shape index (κ3) is 2.12. The van der Waals surface area contributed by atoms with Crippen LogP contribution in [0.4, 0.5) is 0 Å². The van der Waals surface area contributed by atoms with E-state index in [1.807, 2.05) is 6.92 Å². The van der Waals surface area contributed by atoms with Gasteiger partial charge in [0.2, 0.25) is 11.6 Å². The molecule has 5 nitrogen and oxygen atoms in total. The van der Waals surface area contributed by atoms with Crippen LogP contribution in [0.15, 0.2) is 43.0 Å². The zero-order chi connectivity index (χ0) is 17.5. The summed E-state index contributed by atoms with van der Waals surface area (Å²) in [4.78, 5) is 12.4. The standard InChI is InChI=1S/C19H22O5/c1-4-9-18-10-5-6-16(21)19(18,22)24-17(12(18)2)13-7-8-14(20)15(11-13)23-3/h4-8,11-12,17,20,22H,1,9-10H2,2-3H3. The number of ketones is 1. The van der Waals surface area contributed by atoms with Crippen LogP contribution in [0.1, 0.15) is 31.4 Å². The minimum absolute atomic E-state index is 0.0292. The highest BCUT2D eigenvalue weighted by Gasteiger charge is 2.66. The molecule has 128 valence electrons. The average Bonchev–Trinajstić information content (AvgIpc) is 2.79. The monoisotopic (exact) mass is 330 g/mol. The van der Waals surface area contributed by atoms with Gasteiger partial charge in [-0.2, -0.15) is 0 Å². The van der Waals surface area contributed by atoms with Crippen molar-refractivity contribution in [3.8, 4) is 11.5 Å². The lowest BCUT2D eigenvalue weighted by molar-refractivity contribution is -0.229. The van der Waals surface area contributed by atoms with Gasteiger partial charge in [0.25, 0.3) is 0 Å². The summed E-state index contributed by atoms with van der Waals surface area (Å²) in [6, 6.07) is 4.92. The molecule has 3 rings (SSSR count). The molecule has 1 heterocycles. The molecular formula is C19H22O5. The van der Waals surface area contributed by atoms with E-state index in [0.717, 1.165) is 5.56 Å². The van der Waals surface area contributed by atoms with Crippen LogP contribution < -0.4 is 4.74 Å². The van der Waals surface area contributed by atoms with E-state index >= 15 is 0 Å². The third-order valence-electron chi connectivity index (χ3n) is 5.42. The summed E-state index contributed by atoms with van der Waals surface area (Å²) in [5.74, 6) is -2.08. The van der Waals surface area contributed by atoms with Crippen molar-refractivity contribution in [3.63, 3.8) is 0 Å². The predicted molar refractivity (Wildman–Crippen MR) is 88.6 cm³/mol. The Morgan fingerprint density at radius 3 is 2.92 bits per heavy atom. The largest absolute Gasteiger partial charge is 0.504 e. The molecule has 0 amide bonds.